The maximum absolute atomic E-state index is 9.55. The summed E-state index contributed by atoms with van der Waals surface area (Å²) in [6.07, 6.45) is 7.29. The van der Waals surface area contributed by atoms with Gasteiger partial charge in [0.25, 0.3) is 0 Å². The third kappa shape index (κ3) is 4.39. The fourth-order valence-electron chi connectivity index (χ4n) is 4.09. The molecule has 0 radical (unpaired) electrons. The molecular formula is C27H24N8. The van der Waals surface area contributed by atoms with Crippen LogP contribution in [0.15, 0.2) is 78.4 Å². The predicted molar refractivity (Wildman–Crippen MR) is 136 cm³/mol. The lowest BCUT2D eigenvalue weighted by molar-refractivity contribution is 0.532. The predicted octanol–water partition coefficient (Wildman–Crippen LogP) is 4.98. The molecule has 5 rings (SSSR count). The Hall–Kier alpha value is -4.77. The summed E-state index contributed by atoms with van der Waals surface area (Å²) in [6, 6.07) is 17.7. The van der Waals surface area contributed by atoms with Crippen LogP contribution in [-0.4, -0.2) is 30.6 Å². The van der Waals surface area contributed by atoms with Crippen LogP contribution in [0.2, 0.25) is 0 Å². The van der Waals surface area contributed by atoms with Crippen LogP contribution in [0.25, 0.3) is 22.3 Å². The van der Waals surface area contributed by atoms with Gasteiger partial charge in [-0.2, -0.15) is 10.4 Å². The van der Waals surface area contributed by atoms with E-state index in [1.54, 1.807) is 10.9 Å². The quantitative estimate of drug-likeness (QED) is 0.273. The third-order valence-electron chi connectivity index (χ3n) is 6.14. The van der Waals surface area contributed by atoms with Gasteiger partial charge < -0.3 is 10.7 Å². The van der Waals surface area contributed by atoms with Crippen LogP contribution in [0, 0.1) is 25.2 Å². The molecule has 8 heteroatoms. The average molecular weight is 461 g/mol. The molecule has 1 unspecified atom stereocenters. The van der Waals surface area contributed by atoms with Crippen molar-refractivity contribution in [1.82, 2.24) is 24.7 Å². The molecule has 5 aromatic rings. The normalized spacial score (nSPS) is 12.5. The molecule has 8 nitrogen and oxygen atoms in total. The molecule has 0 aliphatic carbocycles. The lowest BCUT2D eigenvalue weighted by Gasteiger charge is -2.16. The molecule has 3 heterocycles. The van der Waals surface area contributed by atoms with Gasteiger partial charge in [0.15, 0.2) is 0 Å². The van der Waals surface area contributed by atoms with Gasteiger partial charge in [-0.15, -0.1) is 0 Å². The molecule has 1 atom stereocenters. The first kappa shape index (κ1) is 22.0. The van der Waals surface area contributed by atoms with Gasteiger partial charge in [-0.25, -0.2) is 15.0 Å². The number of H-pyrrole nitrogens is 1. The van der Waals surface area contributed by atoms with Gasteiger partial charge in [-0.1, -0.05) is 24.3 Å². The first-order chi connectivity index (χ1) is 17.0. The largest absolute Gasteiger partial charge is 0.383 e. The minimum absolute atomic E-state index is 0.252. The zero-order chi connectivity index (χ0) is 24.4. The summed E-state index contributed by atoms with van der Waals surface area (Å²) >= 11 is 0. The number of hydrogen-bond acceptors (Lipinski definition) is 5. The minimum Gasteiger partial charge on any atom is -0.383 e. The number of aromatic nitrogens is 5. The lowest BCUT2D eigenvalue weighted by Crippen LogP contribution is -2.15. The van der Waals surface area contributed by atoms with Gasteiger partial charge in [0.05, 0.1) is 36.1 Å². The topological polar surface area (TPSA) is 122 Å². The number of aliphatic imine (C=N–C) groups is 1. The molecule has 0 spiro atoms. The number of hydrogen-bond donors (Lipinski definition) is 2. The van der Waals surface area contributed by atoms with E-state index in [0.29, 0.717) is 5.84 Å². The number of nitrogens with zero attached hydrogens (tertiary/aromatic N) is 6. The summed E-state index contributed by atoms with van der Waals surface area (Å²) in [5.41, 5.74) is 13.7. The number of rotatable bonds is 6. The Balaban J connectivity index is 1.48. The van der Waals surface area contributed by atoms with E-state index in [2.05, 4.69) is 45.0 Å². The fraction of sp³-hybridized carbons (Fsp3) is 0.148. The summed E-state index contributed by atoms with van der Waals surface area (Å²) in [5.74, 6) is 0.419. The Bertz CT molecular complexity index is 1580. The summed E-state index contributed by atoms with van der Waals surface area (Å²) in [6.45, 7) is 4.12. The second kappa shape index (κ2) is 9.23. The number of fused-ring (bicyclic) bond motifs is 1. The van der Waals surface area contributed by atoms with Crippen LogP contribution in [0.4, 0.5) is 5.69 Å². The van der Waals surface area contributed by atoms with E-state index in [4.69, 9.17) is 5.73 Å². The average Bonchev–Trinajstić information content (AvgIpc) is 3.55. The van der Waals surface area contributed by atoms with Gasteiger partial charge in [-0.05, 0) is 54.8 Å². The molecule has 0 amide bonds. The second-order valence-corrected chi connectivity index (χ2v) is 8.44. The molecule has 0 bridgehead atoms. The second-order valence-electron chi connectivity index (χ2n) is 8.44. The fourth-order valence-corrected chi connectivity index (χ4v) is 4.09. The first-order valence-corrected chi connectivity index (χ1v) is 11.2. The molecule has 3 N–H and O–H groups in total. The Morgan fingerprint density at radius 1 is 1.14 bits per heavy atom. The summed E-state index contributed by atoms with van der Waals surface area (Å²) in [7, 11) is 0. The Morgan fingerprint density at radius 3 is 2.86 bits per heavy atom. The van der Waals surface area contributed by atoms with E-state index in [-0.39, 0.29) is 12.5 Å². The van der Waals surface area contributed by atoms with E-state index in [1.807, 2.05) is 60.9 Å². The third-order valence-corrected chi connectivity index (χ3v) is 6.14. The zero-order valence-electron chi connectivity index (χ0n) is 19.5. The number of aryl methyl sites for hydroxylation is 2. The van der Waals surface area contributed by atoms with Crippen LogP contribution in [0.1, 0.15) is 34.7 Å². The summed E-state index contributed by atoms with van der Waals surface area (Å²) < 4.78 is 1.80. The minimum atomic E-state index is -0.285. The van der Waals surface area contributed by atoms with Crippen LogP contribution < -0.4 is 5.73 Å². The Labute approximate surface area is 202 Å². The lowest BCUT2D eigenvalue weighted by atomic mass is 10.0. The van der Waals surface area contributed by atoms with E-state index in [1.165, 1.54) is 11.9 Å². The van der Waals surface area contributed by atoms with Crippen molar-refractivity contribution in [2.24, 2.45) is 10.7 Å². The Kier molecular flexibility index (Phi) is 5.81. The Morgan fingerprint density at radius 2 is 2.03 bits per heavy atom. The van der Waals surface area contributed by atoms with Gasteiger partial charge in [0.2, 0.25) is 0 Å². The highest BCUT2D eigenvalue weighted by Crippen LogP contribution is 2.28. The van der Waals surface area contributed by atoms with E-state index >= 15 is 0 Å². The first-order valence-electron chi connectivity index (χ1n) is 11.2. The van der Waals surface area contributed by atoms with E-state index in [0.717, 1.165) is 44.7 Å². The number of amidine groups is 1. The van der Waals surface area contributed by atoms with Crippen LogP contribution in [0.3, 0.4) is 0 Å². The van der Waals surface area contributed by atoms with Crippen molar-refractivity contribution >= 4 is 22.6 Å². The molecular weight excluding hydrogens is 436 g/mol. The molecule has 0 aliphatic rings. The van der Waals surface area contributed by atoms with Crippen LogP contribution in [0.5, 0.6) is 0 Å². The van der Waals surface area contributed by atoms with Gasteiger partial charge >= 0.3 is 0 Å². The van der Waals surface area contributed by atoms with Crippen molar-refractivity contribution in [3.8, 4) is 17.3 Å². The molecule has 0 saturated carbocycles. The smallest absolute Gasteiger partial charge is 0.141 e. The SMILES string of the molecule is Cc1ccc(N=C(N)c2cccc(C(CC#N)n3cc(-c4ncnc5[nH]ccc45)cn3)c2)cc1C. The van der Waals surface area contributed by atoms with Crippen molar-refractivity contribution in [2.45, 2.75) is 26.3 Å². The van der Waals surface area contributed by atoms with E-state index in [9.17, 15) is 5.26 Å². The molecule has 2 aromatic carbocycles. The number of benzene rings is 2. The van der Waals surface area contributed by atoms with Crippen LogP contribution >= 0.6 is 0 Å². The number of nitriles is 1. The molecule has 35 heavy (non-hydrogen) atoms. The number of nitrogens with two attached hydrogens (primary N) is 1. The molecule has 3 aromatic heterocycles. The molecule has 0 fully saturated rings. The maximum Gasteiger partial charge on any atom is 0.141 e. The summed E-state index contributed by atoms with van der Waals surface area (Å²) in [4.78, 5) is 16.4. The van der Waals surface area contributed by atoms with Crippen molar-refractivity contribution in [1.29, 1.82) is 5.26 Å². The van der Waals surface area contributed by atoms with Crippen molar-refractivity contribution in [3.05, 3.63) is 95.7 Å². The highest BCUT2D eigenvalue weighted by Gasteiger charge is 2.18. The maximum atomic E-state index is 9.55. The van der Waals surface area contributed by atoms with Crippen molar-refractivity contribution in [3.63, 3.8) is 0 Å². The van der Waals surface area contributed by atoms with Gasteiger partial charge in [0.1, 0.15) is 17.8 Å². The van der Waals surface area contributed by atoms with Crippen molar-refractivity contribution < 1.29 is 0 Å². The highest BCUT2D eigenvalue weighted by atomic mass is 15.3. The van der Waals surface area contributed by atoms with E-state index < -0.39 is 0 Å². The van der Waals surface area contributed by atoms with Gasteiger partial charge in [-0.3, -0.25) is 4.68 Å². The number of nitrogens with one attached hydrogen (secondary N) is 1. The standard InChI is InChI=1S/C27H24N8/c1-17-6-7-22(12-18(17)2)34-26(29)20-5-3-4-19(13-20)24(8-10-28)35-15-21(14-33-35)25-23-9-11-30-27(23)32-16-31-25/h3-7,9,11-16,24H,8H2,1-2H3,(H2,29,34)(H,30,31,32). The molecule has 172 valence electrons. The highest BCUT2D eigenvalue weighted by molar-refractivity contribution is 5.99. The van der Waals surface area contributed by atoms with Crippen molar-refractivity contribution in [2.75, 3.05) is 0 Å². The number of aromatic amines is 1. The molecule has 0 saturated heterocycles. The molecule has 0 aliphatic heterocycles. The zero-order valence-corrected chi connectivity index (χ0v) is 19.5. The summed E-state index contributed by atoms with van der Waals surface area (Å²) in [5, 5.41) is 15.0. The van der Waals surface area contributed by atoms with Gasteiger partial charge in [0, 0.05) is 28.9 Å². The van der Waals surface area contributed by atoms with Crippen LogP contribution in [-0.2, 0) is 0 Å². The monoisotopic (exact) mass is 460 g/mol.